The van der Waals surface area contributed by atoms with E-state index in [1.165, 1.54) is 16.8 Å². The van der Waals surface area contributed by atoms with Gasteiger partial charge < -0.3 is 9.80 Å². The molecule has 152 valence electrons. The number of benzene rings is 2. The molecule has 0 aliphatic carbocycles. The van der Waals surface area contributed by atoms with Crippen LogP contribution in [-0.4, -0.2) is 48.6 Å². The fourth-order valence-corrected chi connectivity index (χ4v) is 3.95. The number of hydrogen-bond donors (Lipinski definition) is 0. The van der Waals surface area contributed by atoms with Gasteiger partial charge in [-0.05, 0) is 48.2 Å². The maximum Gasteiger partial charge on any atom is 0.158 e. The predicted octanol–water partition coefficient (Wildman–Crippen LogP) is 4.05. The molecule has 1 aliphatic heterocycles. The fourth-order valence-electron chi connectivity index (χ4n) is 3.95. The highest BCUT2D eigenvalue weighted by atomic mass is 15.3. The number of anilines is 1. The topological polar surface area (TPSA) is 44.1 Å². The van der Waals surface area contributed by atoms with E-state index in [0.717, 1.165) is 50.4 Å². The molecule has 0 unspecified atom stereocenters. The summed E-state index contributed by atoms with van der Waals surface area (Å²) in [6.07, 6.45) is 5.61. The van der Waals surface area contributed by atoms with Crippen LogP contribution in [0.5, 0.6) is 0 Å². The smallest absolute Gasteiger partial charge is 0.158 e. The van der Waals surface area contributed by atoms with Crippen LogP contribution < -0.4 is 4.90 Å². The van der Waals surface area contributed by atoms with Crippen LogP contribution in [0.3, 0.4) is 0 Å². The van der Waals surface area contributed by atoms with E-state index >= 15 is 0 Å². The molecule has 0 atom stereocenters. The lowest BCUT2D eigenvalue weighted by molar-refractivity contribution is 0.385. The number of hydrogen-bond acceptors (Lipinski definition) is 4. The highest BCUT2D eigenvalue weighted by molar-refractivity contribution is 6.00. The van der Waals surface area contributed by atoms with Gasteiger partial charge in [0.25, 0.3) is 0 Å². The number of pyridine rings is 1. The minimum atomic E-state index is 0.905. The lowest BCUT2D eigenvalue weighted by Gasteiger charge is -2.37. The summed E-state index contributed by atoms with van der Waals surface area (Å²) in [6, 6.07) is 23.2. The van der Waals surface area contributed by atoms with Crippen molar-refractivity contribution in [3.63, 3.8) is 0 Å². The van der Waals surface area contributed by atoms with Gasteiger partial charge in [-0.2, -0.15) is 5.10 Å². The van der Waals surface area contributed by atoms with Crippen molar-refractivity contribution in [2.24, 2.45) is 10.2 Å². The number of aryl methyl sites for hydroxylation is 2. The van der Waals surface area contributed by atoms with Crippen molar-refractivity contribution in [3.05, 3.63) is 95.8 Å². The standard InChI is InChI=1S/C25H27N5/c1-26-28-25(30-19-17-29(18-20-30)23-8-3-2-4-9-23)24-10-6-5-7-22(24)12-11-21-13-15-27-16-14-21/h2-10,13-16H,1,11-12,17-20H2/b28-25+. The third-order valence-electron chi connectivity index (χ3n) is 5.56. The van der Waals surface area contributed by atoms with Crippen LogP contribution in [0.2, 0.25) is 0 Å². The number of aromatic nitrogens is 1. The average molecular weight is 398 g/mol. The number of piperazine rings is 1. The van der Waals surface area contributed by atoms with Gasteiger partial charge in [0.05, 0.1) is 0 Å². The second kappa shape index (κ2) is 9.83. The summed E-state index contributed by atoms with van der Waals surface area (Å²) >= 11 is 0. The SMILES string of the molecule is C=N/N=C(\c1ccccc1CCc1ccncc1)N1CCN(c2ccccc2)CC1. The molecular formula is C25H27N5. The monoisotopic (exact) mass is 397 g/mol. The van der Waals surface area contributed by atoms with E-state index in [4.69, 9.17) is 0 Å². The van der Waals surface area contributed by atoms with Gasteiger partial charge in [0.1, 0.15) is 0 Å². The first-order valence-electron chi connectivity index (χ1n) is 10.4. The number of amidine groups is 1. The lowest BCUT2D eigenvalue weighted by atomic mass is 9.99. The molecule has 2 aromatic carbocycles. The minimum Gasteiger partial charge on any atom is -0.368 e. The molecular weight excluding hydrogens is 370 g/mol. The van der Waals surface area contributed by atoms with Crippen LogP contribution in [0.4, 0.5) is 5.69 Å². The van der Waals surface area contributed by atoms with Crippen molar-refractivity contribution in [3.8, 4) is 0 Å². The Balaban J connectivity index is 1.50. The summed E-state index contributed by atoms with van der Waals surface area (Å²) in [6.45, 7) is 7.35. The Morgan fingerprint density at radius 2 is 1.53 bits per heavy atom. The number of rotatable bonds is 6. The van der Waals surface area contributed by atoms with Crippen LogP contribution in [0.25, 0.3) is 0 Å². The first-order valence-corrected chi connectivity index (χ1v) is 10.4. The molecule has 0 bridgehead atoms. The Labute approximate surface area is 178 Å². The van der Waals surface area contributed by atoms with E-state index in [2.05, 4.69) is 98.4 Å². The maximum atomic E-state index is 4.46. The first-order chi connectivity index (χ1) is 14.8. The Morgan fingerprint density at radius 3 is 2.27 bits per heavy atom. The fraction of sp³-hybridized carbons (Fsp3) is 0.240. The molecule has 1 aromatic heterocycles. The van der Waals surface area contributed by atoms with E-state index in [0.29, 0.717) is 0 Å². The molecule has 0 saturated carbocycles. The predicted molar refractivity (Wildman–Crippen MR) is 124 cm³/mol. The van der Waals surface area contributed by atoms with Crippen molar-refractivity contribution < 1.29 is 0 Å². The van der Waals surface area contributed by atoms with E-state index in [-0.39, 0.29) is 0 Å². The summed E-state index contributed by atoms with van der Waals surface area (Å²) in [4.78, 5) is 8.86. The molecule has 30 heavy (non-hydrogen) atoms. The summed E-state index contributed by atoms with van der Waals surface area (Å²) in [5.41, 5.74) is 4.99. The van der Waals surface area contributed by atoms with Gasteiger partial charge in [0.2, 0.25) is 0 Å². The zero-order chi connectivity index (χ0) is 20.6. The van der Waals surface area contributed by atoms with Gasteiger partial charge in [-0.15, -0.1) is 5.10 Å². The first kappa shape index (κ1) is 19.8. The number of para-hydroxylation sites is 1. The second-order valence-electron chi connectivity index (χ2n) is 7.39. The molecule has 5 heteroatoms. The van der Waals surface area contributed by atoms with Crippen molar-refractivity contribution in [2.75, 3.05) is 31.1 Å². The zero-order valence-electron chi connectivity index (χ0n) is 17.2. The van der Waals surface area contributed by atoms with Crippen molar-refractivity contribution in [1.29, 1.82) is 0 Å². The maximum absolute atomic E-state index is 4.46. The molecule has 2 heterocycles. The van der Waals surface area contributed by atoms with Crippen molar-refractivity contribution >= 4 is 18.2 Å². The van der Waals surface area contributed by atoms with Crippen molar-refractivity contribution in [1.82, 2.24) is 9.88 Å². The molecule has 0 spiro atoms. The third-order valence-corrected chi connectivity index (χ3v) is 5.56. The van der Waals surface area contributed by atoms with Gasteiger partial charge in [-0.1, -0.05) is 42.5 Å². The van der Waals surface area contributed by atoms with E-state index in [1.807, 2.05) is 12.4 Å². The zero-order valence-corrected chi connectivity index (χ0v) is 17.2. The van der Waals surface area contributed by atoms with Crippen molar-refractivity contribution in [2.45, 2.75) is 12.8 Å². The summed E-state index contributed by atoms with van der Waals surface area (Å²) < 4.78 is 0. The molecule has 1 saturated heterocycles. The van der Waals surface area contributed by atoms with Crippen LogP contribution in [-0.2, 0) is 12.8 Å². The van der Waals surface area contributed by atoms with Gasteiger partial charge in [0, 0.05) is 56.5 Å². The normalized spacial score (nSPS) is 14.6. The van der Waals surface area contributed by atoms with Gasteiger partial charge in [-0.3, -0.25) is 4.98 Å². The Morgan fingerprint density at radius 1 is 0.833 bits per heavy atom. The summed E-state index contributed by atoms with van der Waals surface area (Å²) in [5.74, 6) is 0.919. The Bertz CT molecular complexity index is 977. The number of nitrogens with zero attached hydrogens (tertiary/aromatic N) is 5. The third kappa shape index (κ3) is 4.74. The molecule has 3 aromatic rings. The van der Waals surface area contributed by atoms with E-state index < -0.39 is 0 Å². The highest BCUT2D eigenvalue weighted by Gasteiger charge is 2.22. The highest BCUT2D eigenvalue weighted by Crippen LogP contribution is 2.20. The van der Waals surface area contributed by atoms with E-state index in [9.17, 15) is 0 Å². The molecule has 1 aliphatic rings. The lowest BCUT2D eigenvalue weighted by Crippen LogP contribution is -2.49. The molecule has 0 amide bonds. The second-order valence-corrected chi connectivity index (χ2v) is 7.39. The van der Waals surface area contributed by atoms with Gasteiger partial charge in [0.15, 0.2) is 5.84 Å². The van der Waals surface area contributed by atoms with Crippen LogP contribution in [0, 0.1) is 0 Å². The Hall–Kier alpha value is -3.47. The van der Waals surface area contributed by atoms with Crippen LogP contribution in [0.15, 0.2) is 89.3 Å². The Kier molecular flexibility index (Phi) is 6.50. The summed E-state index contributed by atoms with van der Waals surface area (Å²) in [7, 11) is 0. The quantitative estimate of drug-likeness (QED) is 0.358. The summed E-state index contributed by atoms with van der Waals surface area (Å²) in [5, 5.41) is 8.36. The minimum absolute atomic E-state index is 0.905. The molecule has 0 radical (unpaired) electrons. The molecule has 0 N–H and O–H groups in total. The molecule has 4 rings (SSSR count). The van der Waals surface area contributed by atoms with Crippen LogP contribution in [0.1, 0.15) is 16.7 Å². The van der Waals surface area contributed by atoms with Gasteiger partial charge in [-0.25, -0.2) is 0 Å². The molecule has 1 fully saturated rings. The molecule has 5 nitrogen and oxygen atoms in total. The average Bonchev–Trinajstić information content (AvgIpc) is 2.83. The largest absolute Gasteiger partial charge is 0.368 e. The van der Waals surface area contributed by atoms with Crippen LogP contribution >= 0.6 is 0 Å². The van der Waals surface area contributed by atoms with Gasteiger partial charge >= 0.3 is 0 Å². The van der Waals surface area contributed by atoms with E-state index in [1.54, 1.807) is 0 Å².